The Morgan fingerprint density at radius 1 is 0.821 bits per heavy atom. The molecule has 6 atom stereocenters. The van der Waals surface area contributed by atoms with Gasteiger partial charge in [0.2, 0.25) is 17.6 Å². The lowest BCUT2D eigenvalue weighted by molar-refractivity contribution is -0.169. The van der Waals surface area contributed by atoms with Crippen LogP contribution in [0.15, 0.2) is 102 Å². The van der Waals surface area contributed by atoms with Gasteiger partial charge in [0.05, 0.1) is 42.6 Å². The van der Waals surface area contributed by atoms with Gasteiger partial charge in [0.15, 0.2) is 11.4 Å². The number of unbranched alkanes of at least 4 members (excludes halogenated alkanes) is 1. The third kappa shape index (κ3) is 8.50. The number of anilines is 1. The lowest BCUT2D eigenvalue weighted by Gasteiger charge is -2.53. The van der Waals surface area contributed by atoms with E-state index in [1.165, 1.54) is 47.0 Å². The Bertz CT molecular complexity index is 2630. The Labute approximate surface area is 389 Å². The fraction of sp³-hybridized carbons (Fsp3) is 0.353. The summed E-state index contributed by atoms with van der Waals surface area (Å²) in [6.45, 7) is 5.74. The van der Waals surface area contributed by atoms with Gasteiger partial charge in [0.25, 0.3) is 5.91 Å². The monoisotopic (exact) mass is 933 g/mol. The molecule has 1 fully saturated rings. The zero-order valence-corrected chi connectivity index (χ0v) is 39.3. The SMILES string of the molecule is COc1ccc([P+](CCCCC(=O)NCCC(=O)Nc2ccc3c(c2O)C(O)=C2C(=O)[C@]4(O)C(O)=C(C(N)=O)C(=O)[C@@H](N(C)C)[C@@H]4[C@@H](O)[C@@H]2[C@H]3C)(c2ccc(C)cc2)c2ccc(C)cc2)cc1. The molecule has 9 N–H and O–H groups in total. The number of primary amides is 1. The van der Waals surface area contributed by atoms with E-state index in [0.29, 0.717) is 6.42 Å². The maximum absolute atomic E-state index is 14.3. The Balaban J connectivity index is 1.03. The number of phenols is 1. The van der Waals surface area contributed by atoms with E-state index >= 15 is 0 Å². The molecule has 16 heteroatoms. The van der Waals surface area contributed by atoms with E-state index in [0.717, 1.165) is 29.5 Å². The van der Waals surface area contributed by atoms with Crippen LogP contribution in [0, 0.1) is 25.7 Å². The number of nitrogens with two attached hydrogens (primary N) is 1. The highest BCUT2D eigenvalue weighted by molar-refractivity contribution is 7.95. The van der Waals surface area contributed by atoms with Crippen molar-refractivity contribution in [2.45, 2.75) is 70.1 Å². The molecule has 3 aliphatic carbocycles. The first kappa shape index (κ1) is 48.6. The first-order valence-corrected chi connectivity index (χ1v) is 24.2. The number of aliphatic hydroxyl groups excluding tert-OH is 3. The average Bonchev–Trinajstić information content (AvgIpc) is 3.29. The summed E-state index contributed by atoms with van der Waals surface area (Å²) in [5, 5.41) is 67.2. The number of hydrogen-bond donors (Lipinski definition) is 8. The van der Waals surface area contributed by atoms with E-state index in [-0.39, 0.29) is 42.1 Å². The summed E-state index contributed by atoms with van der Waals surface area (Å²) in [4.78, 5) is 67.7. The van der Waals surface area contributed by atoms with Gasteiger partial charge in [0, 0.05) is 30.9 Å². The van der Waals surface area contributed by atoms with Crippen molar-refractivity contribution in [3.05, 3.63) is 124 Å². The summed E-state index contributed by atoms with van der Waals surface area (Å²) >= 11 is 0. The number of ketones is 2. The fourth-order valence-corrected chi connectivity index (χ4v) is 14.6. The predicted octanol–water partition coefficient (Wildman–Crippen LogP) is 3.73. The second-order valence-electron chi connectivity index (χ2n) is 18.0. The van der Waals surface area contributed by atoms with Crippen LogP contribution in [0.25, 0.3) is 5.76 Å². The molecule has 67 heavy (non-hydrogen) atoms. The quantitative estimate of drug-likeness (QED) is 0.0368. The van der Waals surface area contributed by atoms with Gasteiger partial charge in [-0.2, -0.15) is 0 Å². The number of rotatable bonds is 15. The van der Waals surface area contributed by atoms with Crippen LogP contribution in [-0.2, 0) is 24.0 Å². The number of nitrogens with one attached hydrogen (secondary N) is 2. The third-order valence-corrected chi connectivity index (χ3v) is 18.2. The van der Waals surface area contributed by atoms with Crippen molar-refractivity contribution in [1.82, 2.24) is 10.2 Å². The van der Waals surface area contributed by atoms with Crippen LogP contribution in [0.5, 0.6) is 11.5 Å². The molecule has 0 unspecified atom stereocenters. The molecule has 0 spiro atoms. The lowest BCUT2D eigenvalue weighted by atomic mass is 9.54. The van der Waals surface area contributed by atoms with E-state index in [2.05, 4.69) is 85.1 Å². The Kier molecular flexibility index (Phi) is 13.8. The number of fused-ring (bicyclic) bond motifs is 3. The topological polar surface area (TPSA) is 249 Å². The largest absolute Gasteiger partial charge is 0.508 e. The van der Waals surface area contributed by atoms with Gasteiger partial charge in [-0.25, -0.2) is 0 Å². The van der Waals surface area contributed by atoms with E-state index < -0.39 is 94.6 Å². The molecule has 352 valence electrons. The van der Waals surface area contributed by atoms with Gasteiger partial charge in [-0.3, -0.25) is 28.9 Å². The minimum absolute atomic E-state index is 0.00715. The Morgan fingerprint density at radius 2 is 1.39 bits per heavy atom. The van der Waals surface area contributed by atoms with Crippen molar-refractivity contribution in [1.29, 1.82) is 0 Å². The van der Waals surface area contributed by atoms with Crippen molar-refractivity contribution in [2.75, 3.05) is 39.2 Å². The zero-order chi connectivity index (χ0) is 48.7. The standard InChI is InChI=1S/C51H57N4O11P/c1-27-10-16-31(17-11-27)67(32-18-12-28(2)13-19-32,33-20-14-30(66-6)15-21-33)26-8-7-9-36(56)53-25-24-37(57)54-35-23-22-34-29(3)38-40(45(59)39(34)44(35)58)48(62)51(65)42(46(38)60)43(55(4)5)47(61)41(49(51)63)50(52)64/h10-23,29,38,42-43,46,60,65H,7-9,24-26H2,1-6H3,(H6-,52,53,54,56,57,58,59,61,62,63,64)/p+1/t29-,38+,42+,43-,46-,51-/m0/s1. The molecule has 15 nitrogen and oxygen atoms in total. The number of aromatic hydroxyl groups is 1. The number of Topliss-reactive ketones (excluding diaryl/α,β-unsaturated/α-hetero) is 2. The molecule has 7 rings (SSSR count). The van der Waals surface area contributed by atoms with Gasteiger partial charge in [-0.05, 0) is 107 Å². The number of benzene rings is 4. The molecule has 0 saturated heterocycles. The van der Waals surface area contributed by atoms with Crippen molar-refractivity contribution in [2.24, 2.45) is 17.6 Å². The molecule has 4 aromatic carbocycles. The van der Waals surface area contributed by atoms with E-state index in [1.54, 1.807) is 14.0 Å². The molecule has 0 bridgehead atoms. The second-order valence-corrected chi connectivity index (χ2v) is 21.6. The summed E-state index contributed by atoms with van der Waals surface area (Å²) in [5.41, 5.74) is 3.02. The number of likely N-dealkylation sites (N-methyl/N-ethyl adjacent to an activating group) is 1. The van der Waals surface area contributed by atoms with Crippen LogP contribution in [0.4, 0.5) is 5.69 Å². The molecule has 1 saturated carbocycles. The van der Waals surface area contributed by atoms with Crippen molar-refractivity contribution in [3.8, 4) is 11.5 Å². The number of carbonyl (C=O) groups excluding carboxylic acids is 5. The molecule has 0 heterocycles. The summed E-state index contributed by atoms with van der Waals surface area (Å²) in [5.74, 6) is -10.2. The first-order chi connectivity index (χ1) is 31.8. The predicted molar refractivity (Wildman–Crippen MR) is 256 cm³/mol. The third-order valence-electron chi connectivity index (χ3n) is 13.7. The summed E-state index contributed by atoms with van der Waals surface area (Å²) in [7, 11) is 2.35. The number of amides is 3. The number of methoxy groups -OCH3 is 1. The average molecular weight is 934 g/mol. The molecule has 3 amide bonds. The molecular weight excluding hydrogens is 876 g/mol. The lowest BCUT2D eigenvalue weighted by Crippen LogP contribution is -2.70. The summed E-state index contributed by atoms with van der Waals surface area (Å²) < 4.78 is 5.49. The summed E-state index contributed by atoms with van der Waals surface area (Å²) in [6.07, 6.45) is 0.503. The van der Waals surface area contributed by atoms with Gasteiger partial charge < -0.3 is 46.6 Å². The summed E-state index contributed by atoms with van der Waals surface area (Å²) in [6, 6.07) is 27.1. The molecule has 0 radical (unpaired) electrons. The molecule has 0 aliphatic heterocycles. The van der Waals surface area contributed by atoms with Crippen LogP contribution in [0.1, 0.15) is 60.8 Å². The Hall–Kier alpha value is -6.38. The number of aryl methyl sites for hydroxylation is 2. The molecular formula is C51H58N4O11P+. The molecule has 0 aromatic heterocycles. The van der Waals surface area contributed by atoms with Crippen molar-refractivity contribution >= 4 is 63.9 Å². The number of aliphatic hydroxyl groups is 4. The number of carbonyl (C=O) groups is 5. The minimum atomic E-state index is -3.05. The Morgan fingerprint density at radius 3 is 1.93 bits per heavy atom. The van der Waals surface area contributed by atoms with Crippen molar-refractivity contribution < 1.29 is 54.2 Å². The van der Waals surface area contributed by atoms with Crippen molar-refractivity contribution in [3.63, 3.8) is 0 Å². The van der Waals surface area contributed by atoms with E-state index in [4.69, 9.17) is 10.5 Å². The molecule has 4 aromatic rings. The number of ether oxygens (including phenoxy) is 1. The smallest absolute Gasteiger partial charge is 0.255 e. The number of hydrogen-bond acceptors (Lipinski definition) is 12. The fourth-order valence-electron chi connectivity index (χ4n) is 10.2. The maximum atomic E-state index is 14.3. The van der Waals surface area contributed by atoms with Gasteiger partial charge >= 0.3 is 0 Å². The van der Waals surface area contributed by atoms with Crippen LogP contribution in [-0.4, -0.2) is 111 Å². The highest BCUT2D eigenvalue weighted by Crippen LogP contribution is 2.58. The van der Waals surface area contributed by atoms with Crippen LogP contribution < -0.4 is 37.0 Å². The first-order valence-electron chi connectivity index (χ1n) is 22.2. The normalized spacial score (nSPS) is 22.5. The molecule has 3 aliphatic rings. The maximum Gasteiger partial charge on any atom is 0.255 e. The van der Waals surface area contributed by atoms with Crippen LogP contribution >= 0.6 is 7.26 Å². The number of phenolic OH excluding ortho intramolecular Hbond substituents is 1. The van der Waals surface area contributed by atoms with Gasteiger partial charge in [-0.15, -0.1) is 0 Å². The van der Waals surface area contributed by atoms with Gasteiger partial charge in [-0.1, -0.05) is 48.4 Å². The van der Waals surface area contributed by atoms with Crippen LogP contribution in [0.2, 0.25) is 0 Å². The highest BCUT2D eigenvalue weighted by Gasteiger charge is 2.68. The van der Waals surface area contributed by atoms with Crippen LogP contribution in [0.3, 0.4) is 0 Å². The minimum Gasteiger partial charge on any atom is -0.508 e. The van der Waals surface area contributed by atoms with E-state index in [1.807, 2.05) is 12.1 Å². The zero-order valence-electron chi connectivity index (χ0n) is 38.4. The highest BCUT2D eigenvalue weighted by atomic mass is 31.2. The van der Waals surface area contributed by atoms with Gasteiger partial charge in [0.1, 0.15) is 51.8 Å². The van der Waals surface area contributed by atoms with E-state index in [9.17, 15) is 49.5 Å². The number of nitrogens with zero attached hydrogens (tertiary/aromatic N) is 1. The second kappa shape index (κ2) is 19.1.